The lowest BCUT2D eigenvalue weighted by Crippen LogP contribution is -2.36. The molecule has 8 nitrogen and oxygen atoms in total. The van der Waals surface area contributed by atoms with Crippen molar-refractivity contribution in [2.24, 2.45) is 0 Å². The molecule has 1 saturated carbocycles. The van der Waals surface area contributed by atoms with Crippen LogP contribution in [0.4, 0.5) is 5.69 Å². The van der Waals surface area contributed by atoms with Crippen LogP contribution < -0.4 is 4.74 Å². The predicted molar refractivity (Wildman–Crippen MR) is 94.3 cm³/mol. The average molecular weight is 377 g/mol. The highest BCUT2D eigenvalue weighted by atomic mass is 32.2. The van der Waals surface area contributed by atoms with Crippen LogP contribution in [-0.4, -0.2) is 35.8 Å². The predicted octanol–water partition coefficient (Wildman–Crippen LogP) is 2.91. The third-order valence-corrected chi connectivity index (χ3v) is 6.36. The Balaban J connectivity index is 2.10. The fraction of sp³-hybridized carbons (Fsp3) is 0.353. The van der Waals surface area contributed by atoms with Crippen LogP contribution in [0.2, 0.25) is 0 Å². The minimum Gasteiger partial charge on any atom is -0.495 e. The zero-order valence-corrected chi connectivity index (χ0v) is 15.2. The van der Waals surface area contributed by atoms with Crippen molar-refractivity contribution in [3.05, 3.63) is 58.4 Å². The van der Waals surface area contributed by atoms with Crippen molar-refractivity contribution in [3.8, 4) is 5.75 Å². The lowest BCUT2D eigenvalue weighted by atomic mass is 10.2. The maximum Gasteiger partial charge on any atom is 0.271 e. The second-order valence-electron chi connectivity index (χ2n) is 6.09. The van der Waals surface area contributed by atoms with Crippen molar-refractivity contribution >= 4 is 15.7 Å². The third kappa shape index (κ3) is 3.40. The van der Waals surface area contributed by atoms with Gasteiger partial charge in [-0.1, -0.05) is 6.07 Å². The Hall–Kier alpha value is -2.52. The maximum absolute atomic E-state index is 13.4. The number of nitro groups is 1. The summed E-state index contributed by atoms with van der Waals surface area (Å²) in [4.78, 5) is 14.5. The topological polar surface area (TPSA) is 103 Å². The Kier molecular flexibility index (Phi) is 4.92. The van der Waals surface area contributed by atoms with Crippen LogP contribution in [0.15, 0.2) is 47.5 Å². The third-order valence-electron chi connectivity index (χ3n) is 4.32. The summed E-state index contributed by atoms with van der Waals surface area (Å²) < 4.78 is 33.3. The van der Waals surface area contributed by atoms with Gasteiger partial charge in [0, 0.05) is 24.4 Å². The highest BCUT2D eigenvalue weighted by Crippen LogP contribution is 2.41. The summed E-state index contributed by atoms with van der Waals surface area (Å²) in [6.45, 7) is 1.77. The van der Waals surface area contributed by atoms with E-state index in [0.29, 0.717) is 5.69 Å². The van der Waals surface area contributed by atoms with Gasteiger partial charge in [-0.15, -0.1) is 0 Å². The van der Waals surface area contributed by atoms with Gasteiger partial charge in [0.05, 0.1) is 23.8 Å². The summed E-state index contributed by atoms with van der Waals surface area (Å²) in [5, 5.41) is 11.1. The number of ether oxygens (including phenoxy) is 1. The first-order valence-electron chi connectivity index (χ1n) is 8.13. The van der Waals surface area contributed by atoms with E-state index >= 15 is 0 Å². The number of hydrogen-bond acceptors (Lipinski definition) is 6. The Morgan fingerprint density at radius 1 is 1.31 bits per heavy atom. The molecule has 1 aromatic carbocycles. The number of methoxy groups -OCH3 is 1. The van der Waals surface area contributed by atoms with Crippen molar-refractivity contribution in [2.45, 2.75) is 36.7 Å². The molecular weight excluding hydrogens is 358 g/mol. The van der Waals surface area contributed by atoms with Gasteiger partial charge in [0.25, 0.3) is 5.69 Å². The first-order valence-corrected chi connectivity index (χ1v) is 9.57. The van der Waals surface area contributed by atoms with E-state index in [0.717, 1.165) is 18.9 Å². The monoisotopic (exact) mass is 377 g/mol. The number of benzene rings is 1. The first-order chi connectivity index (χ1) is 12.4. The first kappa shape index (κ1) is 18.3. The number of hydrogen-bond donors (Lipinski definition) is 0. The molecule has 0 N–H and O–H groups in total. The molecule has 1 atom stereocenters. The largest absolute Gasteiger partial charge is 0.495 e. The van der Waals surface area contributed by atoms with Gasteiger partial charge >= 0.3 is 0 Å². The highest BCUT2D eigenvalue weighted by molar-refractivity contribution is 7.89. The smallest absolute Gasteiger partial charge is 0.271 e. The second kappa shape index (κ2) is 7.00. The lowest BCUT2D eigenvalue weighted by Gasteiger charge is -2.28. The van der Waals surface area contributed by atoms with Crippen LogP contribution in [0.25, 0.3) is 0 Å². The van der Waals surface area contributed by atoms with E-state index in [2.05, 4.69) is 4.98 Å². The Morgan fingerprint density at radius 2 is 2.04 bits per heavy atom. The molecule has 0 saturated heterocycles. The summed E-state index contributed by atoms with van der Waals surface area (Å²) >= 11 is 0. The molecule has 1 aromatic heterocycles. The van der Waals surface area contributed by atoms with Gasteiger partial charge in [-0.05, 0) is 38.0 Å². The molecule has 0 aliphatic heterocycles. The van der Waals surface area contributed by atoms with Crippen LogP contribution in [0.3, 0.4) is 0 Å². The average Bonchev–Trinajstić information content (AvgIpc) is 3.46. The molecule has 138 valence electrons. The van der Waals surface area contributed by atoms with Gasteiger partial charge < -0.3 is 4.74 Å². The zero-order chi connectivity index (χ0) is 18.9. The van der Waals surface area contributed by atoms with Gasteiger partial charge in [0.15, 0.2) is 0 Å². The molecule has 0 radical (unpaired) electrons. The molecule has 1 aliphatic carbocycles. The number of aromatic nitrogens is 1. The van der Waals surface area contributed by atoms with Crippen LogP contribution in [0.5, 0.6) is 5.75 Å². The molecule has 0 unspecified atom stereocenters. The Bertz CT molecular complexity index is 913. The minimum atomic E-state index is -4.02. The van der Waals surface area contributed by atoms with E-state index in [1.165, 1.54) is 23.5 Å². The molecule has 1 fully saturated rings. The normalized spacial score (nSPS) is 15.7. The zero-order valence-electron chi connectivity index (χ0n) is 14.4. The van der Waals surface area contributed by atoms with E-state index < -0.39 is 21.0 Å². The number of pyridine rings is 1. The van der Waals surface area contributed by atoms with Gasteiger partial charge in [0.2, 0.25) is 10.0 Å². The molecule has 1 aliphatic rings. The summed E-state index contributed by atoms with van der Waals surface area (Å²) in [5.74, 6) is 0.0782. The quantitative estimate of drug-likeness (QED) is 0.543. The molecule has 26 heavy (non-hydrogen) atoms. The van der Waals surface area contributed by atoms with E-state index in [9.17, 15) is 18.5 Å². The van der Waals surface area contributed by atoms with Gasteiger partial charge in [-0.3, -0.25) is 15.1 Å². The van der Waals surface area contributed by atoms with Gasteiger partial charge in [-0.25, -0.2) is 8.42 Å². The van der Waals surface area contributed by atoms with E-state index in [1.54, 1.807) is 31.3 Å². The molecule has 3 rings (SSSR count). The lowest BCUT2D eigenvalue weighted by molar-refractivity contribution is -0.385. The van der Waals surface area contributed by atoms with Crippen molar-refractivity contribution in [3.63, 3.8) is 0 Å². The number of nitrogens with zero attached hydrogens (tertiary/aromatic N) is 3. The van der Waals surface area contributed by atoms with Gasteiger partial charge in [-0.2, -0.15) is 4.31 Å². The molecule has 9 heteroatoms. The van der Waals surface area contributed by atoms with E-state index in [4.69, 9.17) is 4.74 Å². The van der Waals surface area contributed by atoms with Crippen molar-refractivity contribution < 1.29 is 18.1 Å². The fourth-order valence-corrected chi connectivity index (χ4v) is 4.93. The van der Waals surface area contributed by atoms with Crippen LogP contribution in [0.1, 0.15) is 31.5 Å². The second-order valence-corrected chi connectivity index (χ2v) is 7.90. The van der Waals surface area contributed by atoms with Crippen LogP contribution in [0, 0.1) is 10.1 Å². The highest BCUT2D eigenvalue weighted by Gasteiger charge is 2.43. The van der Waals surface area contributed by atoms with Crippen molar-refractivity contribution in [1.82, 2.24) is 9.29 Å². The number of non-ortho nitro benzene ring substituents is 1. The summed E-state index contributed by atoms with van der Waals surface area (Å²) in [6.07, 6.45) is 3.10. The molecule has 1 heterocycles. The van der Waals surface area contributed by atoms with Crippen molar-refractivity contribution in [2.75, 3.05) is 7.11 Å². The molecule has 2 aromatic rings. The van der Waals surface area contributed by atoms with Crippen molar-refractivity contribution in [1.29, 1.82) is 0 Å². The van der Waals surface area contributed by atoms with E-state index in [1.807, 2.05) is 0 Å². The van der Waals surface area contributed by atoms with Gasteiger partial charge in [0.1, 0.15) is 10.6 Å². The SMILES string of the molecule is COc1ccc([N+](=O)[O-])cc1S(=O)(=O)N(C1CC1)[C@H](C)c1ccccn1. The summed E-state index contributed by atoms with van der Waals surface area (Å²) in [5.41, 5.74) is 0.318. The maximum atomic E-state index is 13.4. The molecule has 0 bridgehead atoms. The molecule has 0 spiro atoms. The molecular formula is C17H19N3O5S. The fourth-order valence-electron chi connectivity index (χ4n) is 2.90. The standard InChI is InChI=1S/C17H19N3O5S/c1-12(15-5-3-4-10-18-15)19(13-6-7-13)26(23,24)17-11-14(20(21)22)8-9-16(17)25-2/h3-5,8-13H,6-7H2,1-2H3/t12-/m1/s1. The Morgan fingerprint density at radius 3 is 2.58 bits per heavy atom. The summed E-state index contributed by atoms with van der Waals surface area (Å²) in [7, 11) is -2.68. The number of sulfonamides is 1. The number of rotatable bonds is 7. The summed E-state index contributed by atoms with van der Waals surface area (Å²) in [6, 6.07) is 8.25. The Labute approximate surface area is 151 Å². The van der Waals surface area contributed by atoms with Crippen LogP contribution >= 0.6 is 0 Å². The molecule has 0 amide bonds. The number of nitro benzene ring substituents is 1. The minimum absolute atomic E-state index is 0.0782. The van der Waals surface area contributed by atoms with Crippen LogP contribution in [-0.2, 0) is 10.0 Å². The van der Waals surface area contributed by atoms with E-state index in [-0.39, 0.29) is 22.4 Å².